The van der Waals surface area contributed by atoms with Crippen LogP contribution in [0.4, 0.5) is 0 Å². The Morgan fingerprint density at radius 2 is 1.96 bits per heavy atom. The predicted molar refractivity (Wildman–Crippen MR) is 93.4 cm³/mol. The Kier molecular flexibility index (Phi) is 4.10. The molecule has 2 fully saturated rings. The molecule has 1 unspecified atom stereocenters. The van der Waals surface area contributed by atoms with Gasteiger partial charge in [-0.25, -0.2) is 4.68 Å². The molecule has 5 heteroatoms. The van der Waals surface area contributed by atoms with Crippen molar-refractivity contribution in [3.63, 3.8) is 0 Å². The molecule has 5 nitrogen and oxygen atoms in total. The standard InChI is InChI=1S/C19H24N4O/c1-14-10-12-21-23(14)17-6-4-15(5-7-17)19(24)22(16-8-9-16)18-3-2-11-20-13-18/h4-7,10,12,16,18,20H,2-3,8-9,11,13H2,1H3. The molecule has 1 amide bonds. The van der Waals surface area contributed by atoms with Gasteiger partial charge in [0.1, 0.15) is 0 Å². The number of carbonyl (C=O) groups is 1. The maximum atomic E-state index is 13.1. The Labute approximate surface area is 142 Å². The summed E-state index contributed by atoms with van der Waals surface area (Å²) in [7, 11) is 0. The Bertz CT molecular complexity index is 711. The summed E-state index contributed by atoms with van der Waals surface area (Å²) in [6, 6.07) is 10.6. The Hall–Kier alpha value is -2.14. The number of carbonyl (C=O) groups excluding carboxylic acids is 1. The minimum Gasteiger partial charge on any atom is -0.331 e. The van der Waals surface area contributed by atoms with E-state index in [9.17, 15) is 4.79 Å². The fourth-order valence-electron chi connectivity index (χ4n) is 3.59. The second-order valence-corrected chi connectivity index (χ2v) is 6.88. The van der Waals surface area contributed by atoms with Crippen LogP contribution in [0.2, 0.25) is 0 Å². The van der Waals surface area contributed by atoms with E-state index < -0.39 is 0 Å². The van der Waals surface area contributed by atoms with Gasteiger partial charge in [0.2, 0.25) is 0 Å². The second kappa shape index (κ2) is 6.40. The van der Waals surface area contributed by atoms with Crippen molar-refractivity contribution < 1.29 is 4.79 Å². The smallest absolute Gasteiger partial charge is 0.254 e. The highest BCUT2D eigenvalue weighted by Crippen LogP contribution is 2.32. The molecule has 1 atom stereocenters. The maximum Gasteiger partial charge on any atom is 0.254 e. The molecular formula is C19H24N4O. The predicted octanol–water partition coefficient (Wildman–Crippen LogP) is 2.54. The number of aryl methyl sites for hydroxylation is 1. The largest absolute Gasteiger partial charge is 0.331 e. The first-order valence-electron chi connectivity index (χ1n) is 8.88. The first-order chi connectivity index (χ1) is 11.7. The van der Waals surface area contributed by atoms with E-state index in [1.54, 1.807) is 6.20 Å². The van der Waals surface area contributed by atoms with Gasteiger partial charge in [-0.05, 0) is 69.5 Å². The van der Waals surface area contributed by atoms with E-state index in [-0.39, 0.29) is 5.91 Å². The van der Waals surface area contributed by atoms with Gasteiger partial charge >= 0.3 is 0 Å². The quantitative estimate of drug-likeness (QED) is 0.940. The van der Waals surface area contributed by atoms with Crippen molar-refractivity contribution in [1.29, 1.82) is 0 Å². The SMILES string of the molecule is Cc1ccnn1-c1ccc(C(=O)N(C2CC2)C2CCCNC2)cc1. The molecule has 1 saturated carbocycles. The average molecular weight is 324 g/mol. The first-order valence-corrected chi connectivity index (χ1v) is 8.88. The van der Waals surface area contributed by atoms with Crippen LogP contribution in [-0.2, 0) is 0 Å². The van der Waals surface area contributed by atoms with Crippen molar-refractivity contribution >= 4 is 5.91 Å². The van der Waals surface area contributed by atoms with Gasteiger partial charge in [0, 0.05) is 36.1 Å². The van der Waals surface area contributed by atoms with Crippen LogP contribution in [0.5, 0.6) is 0 Å². The molecule has 0 bridgehead atoms. The number of benzene rings is 1. The maximum absolute atomic E-state index is 13.1. The highest BCUT2D eigenvalue weighted by Gasteiger charge is 2.38. The van der Waals surface area contributed by atoms with Crippen LogP contribution in [0.15, 0.2) is 36.5 Å². The summed E-state index contributed by atoms with van der Waals surface area (Å²) in [5.74, 6) is 0.176. The van der Waals surface area contributed by atoms with Crippen LogP contribution in [-0.4, -0.2) is 45.8 Å². The topological polar surface area (TPSA) is 50.2 Å². The lowest BCUT2D eigenvalue weighted by atomic mass is 10.0. The van der Waals surface area contributed by atoms with Crippen molar-refractivity contribution in [2.24, 2.45) is 0 Å². The van der Waals surface area contributed by atoms with Gasteiger partial charge in [-0.3, -0.25) is 4.79 Å². The van der Waals surface area contributed by atoms with Crippen molar-refractivity contribution in [3.8, 4) is 5.69 Å². The Balaban J connectivity index is 1.55. The van der Waals surface area contributed by atoms with E-state index in [4.69, 9.17) is 0 Å². The van der Waals surface area contributed by atoms with Crippen molar-refractivity contribution in [3.05, 3.63) is 47.8 Å². The van der Waals surface area contributed by atoms with Gasteiger partial charge in [-0.1, -0.05) is 0 Å². The van der Waals surface area contributed by atoms with Gasteiger partial charge in [0.25, 0.3) is 5.91 Å². The number of nitrogens with zero attached hydrogens (tertiary/aromatic N) is 3. The van der Waals surface area contributed by atoms with Crippen LogP contribution in [0.3, 0.4) is 0 Å². The zero-order valence-electron chi connectivity index (χ0n) is 14.1. The number of nitrogens with one attached hydrogen (secondary N) is 1. The number of hydrogen-bond acceptors (Lipinski definition) is 3. The molecule has 1 aromatic heterocycles. The summed E-state index contributed by atoms with van der Waals surface area (Å²) in [5, 5.41) is 7.75. The summed E-state index contributed by atoms with van der Waals surface area (Å²) in [4.78, 5) is 15.2. The monoisotopic (exact) mass is 324 g/mol. The minimum atomic E-state index is 0.176. The van der Waals surface area contributed by atoms with Crippen LogP contribution in [0.25, 0.3) is 5.69 Å². The van der Waals surface area contributed by atoms with Crippen LogP contribution >= 0.6 is 0 Å². The molecule has 1 aromatic carbocycles. The summed E-state index contributed by atoms with van der Waals surface area (Å²) in [5.41, 5.74) is 2.86. The lowest BCUT2D eigenvalue weighted by molar-refractivity contribution is 0.0629. The molecule has 24 heavy (non-hydrogen) atoms. The summed E-state index contributed by atoms with van der Waals surface area (Å²) < 4.78 is 1.89. The van der Waals surface area contributed by atoms with Crippen LogP contribution < -0.4 is 5.32 Å². The number of piperidine rings is 1. The van der Waals surface area contributed by atoms with Crippen LogP contribution in [0.1, 0.15) is 41.7 Å². The molecule has 2 heterocycles. The van der Waals surface area contributed by atoms with Gasteiger partial charge < -0.3 is 10.2 Å². The van der Waals surface area contributed by atoms with Crippen molar-refractivity contribution in [2.45, 2.75) is 44.7 Å². The third kappa shape index (κ3) is 2.96. The first kappa shape index (κ1) is 15.4. The number of amides is 1. The number of hydrogen-bond donors (Lipinski definition) is 1. The molecule has 4 rings (SSSR count). The number of rotatable bonds is 4. The van der Waals surface area contributed by atoms with E-state index in [1.165, 1.54) is 0 Å². The molecule has 1 aliphatic carbocycles. The lowest BCUT2D eigenvalue weighted by Gasteiger charge is -2.35. The third-order valence-corrected chi connectivity index (χ3v) is 5.03. The second-order valence-electron chi connectivity index (χ2n) is 6.88. The van der Waals surface area contributed by atoms with E-state index in [0.717, 1.165) is 55.7 Å². The fourth-order valence-corrected chi connectivity index (χ4v) is 3.59. The van der Waals surface area contributed by atoms with E-state index in [2.05, 4.69) is 15.3 Å². The average Bonchev–Trinajstić information content (AvgIpc) is 3.36. The molecule has 0 radical (unpaired) electrons. The Morgan fingerprint density at radius 3 is 2.54 bits per heavy atom. The van der Waals surface area contributed by atoms with Gasteiger partial charge in [-0.15, -0.1) is 0 Å². The molecule has 1 saturated heterocycles. The van der Waals surface area contributed by atoms with Gasteiger partial charge in [-0.2, -0.15) is 5.10 Å². The zero-order chi connectivity index (χ0) is 16.5. The minimum absolute atomic E-state index is 0.176. The highest BCUT2D eigenvalue weighted by molar-refractivity contribution is 5.95. The van der Waals surface area contributed by atoms with Gasteiger partial charge in [0.05, 0.1) is 5.69 Å². The van der Waals surface area contributed by atoms with E-state index >= 15 is 0 Å². The summed E-state index contributed by atoms with van der Waals surface area (Å²) in [6.07, 6.45) is 6.34. The van der Waals surface area contributed by atoms with E-state index in [1.807, 2.05) is 41.9 Å². The molecule has 2 aliphatic rings. The third-order valence-electron chi connectivity index (χ3n) is 5.03. The molecular weight excluding hydrogens is 300 g/mol. The molecule has 1 aliphatic heterocycles. The lowest BCUT2D eigenvalue weighted by Crippen LogP contribution is -2.49. The molecule has 126 valence electrons. The Morgan fingerprint density at radius 1 is 1.17 bits per heavy atom. The highest BCUT2D eigenvalue weighted by atomic mass is 16.2. The molecule has 2 aromatic rings. The van der Waals surface area contributed by atoms with Crippen molar-refractivity contribution in [2.75, 3.05) is 13.1 Å². The zero-order valence-corrected chi connectivity index (χ0v) is 14.1. The molecule has 1 N–H and O–H groups in total. The van der Waals surface area contributed by atoms with Crippen LogP contribution in [0, 0.1) is 6.92 Å². The van der Waals surface area contributed by atoms with E-state index in [0.29, 0.717) is 12.1 Å². The van der Waals surface area contributed by atoms with Gasteiger partial charge in [0.15, 0.2) is 0 Å². The van der Waals surface area contributed by atoms with Crippen molar-refractivity contribution in [1.82, 2.24) is 20.0 Å². The number of aromatic nitrogens is 2. The molecule has 0 spiro atoms. The normalized spacial score (nSPS) is 20.8. The summed E-state index contributed by atoms with van der Waals surface area (Å²) in [6.45, 7) is 4.02. The summed E-state index contributed by atoms with van der Waals surface area (Å²) >= 11 is 0. The fraction of sp³-hybridized carbons (Fsp3) is 0.474.